The van der Waals surface area contributed by atoms with E-state index in [4.69, 9.17) is 16.3 Å². The van der Waals surface area contributed by atoms with Gasteiger partial charge in [0.2, 0.25) is 0 Å². The molecule has 33 heavy (non-hydrogen) atoms. The molecule has 10 nitrogen and oxygen atoms in total. The van der Waals surface area contributed by atoms with Crippen molar-refractivity contribution in [2.45, 2.75) is 4.90 Å². The number of nitrogens with one attached hydrogen (secondary N) is 1. The maximum atomic E-state index is 12.6. The average molecular weight is 502 g/mol. The molecule has 0 aliphatic heterocycles. The molecule has 0 fully saturated rings. The van der Waals surface area contributed by atoms with Crippen LogP contribution in [0.2, 0.25) is 5.02 Å². The SMILES string of the molecule is N#Cc1cc(S(=O)(=O)Nc2nccs2)ccc1Oc1ccc(-n2cc(Cl)cn2)c(C(=O)O)c1. The summed E-state index contributed by atoms with van der Waals surface area (Å²) in [6.45, 7) is 0. The molecule has 2 aromatic carbocycles. The number of nitriles is 1. The van der Waals surface area contributed by atoms with Gasteiger partial charge in [-0.05, 0) is 36.4 Å². The lowest BCUT2D eigenvalue weighted by Crippen LogP contribution is -2.13. The van der Waals surface area contributed by atoms with Gasteiger partial charge in [-0.25, -0.2) is 22.9 Å². The van der Waals surface area contributed by atoms with E-state index < -0.39 is 16.0 Å². The molecular weight excluding hydrogens is 490 g/mol. The van der Waals surface area contributed by atoms with Gasteiger partial charge in [-0.15, -0.1) is 11.3 Å². The summed E-state index contributed by atoms with van der Waals surface area (Å²) < 4.78 is 34.4. The molecule has 2 aromatic heterocycles. The van der Waals surface area contributed by atoms with Crippen LogP contribution in [0.15, 0.2) is 65.3 Å². The molecule has 2 N–H and O–H groups in total. The quantitative estimate of drug-likeness (QED) is 0.384. The molecule has 0 amide bonds. The molecule has 4 rings (SSSR count). The monoisotopic (exact) mass is 501 g/mol. The number of carboxylic acid groups (broad SMARTS) is 1. The zero-order valence-corrected chi connectivity index (χ0v) is 18.7. The fourth-order valence-electron chi connectivity index (χ4n) is 2.81. The van der Waals surface area contributed by atoms with Crippen molar-refractivity contribution in [1.82, 2.24) is 14.8 Å². The van der Waals surface area contributed by atoms with Crippen molar-refractivity contribution in [3.8, 4) is 23.3 Å². The summed E-state index contributed by atoms with van der Waals surface area (Å²) in [5.74, 6) is -1.04. The largest absolute Gasteiger partial charge is 0.478 e. The van der Waals surface area contributed by atoms with Gasteiger partial charge in [0.25, 0.3) is 10.0 Å². The highest BCUT2D eigenvalue weighted by molar-refractivity contribution is 7.93. The Morgan fingerprint density at radius 1 is 1.27 bits per heavy atom. The molecule has 4 aromatic rings. The second-order valence-corrected chi connectivity index (χ2v) is 9.42. The molecule has 0 saturated carbocycles. The van der Waals surface area contributed by atoms with Crippen LogP contribution in [0.25, 0.3) is 5.69 Å². The van der Waals surface area contributed by atoms with Crippen molar-refractivity contribution in [2.75, 3.05) is 4.72 Å². The van der Waals surface area contributed by atoms with Crippen LogP contribution in [0.1, 0.15) is 15.9 Å². The molecule has 0 aliphatic rings. The first-order valence-electron chi connectivity index (χ1n) is 8.99. The number of thiazole rings is 1. The van der Waals surface area contributed by atoms with E-state index in [2.05, 4.69) is 14.8 Å². The van der Waals surface area contributed by atoms with E-state index in [9.17, 15) is 23.6 Å². The lowest BCUT2D eigenvalue weighted by molar-refractivity contribution is 0.0696. The van der Waals surface area contributed by atoms with Crippen molar-refractivity contribution in [3.63, 3.8) is 0 Å². The molecule has 0 aliphatic carbocycles. The number of rotatable bonds is 7. The molecule has 0 bridgehead atoms. The van der Waals surface area contributed by atoms with Crippen LogP contribution in [-0.4, -0.2) is 34.3 Å². The van der Waals surface area contributed by atoms with Crippen LogP contribution in [0.4, 0.5) is 5.13 Å². The van der Waals surface area contributed by atoms with Crippen LogP contribution >= 0.6 is 22.9 Å². The van der Waals surface area contributed by atoms with Gasteiger partial charge in [-0.2, -0.15) is 10.4 Å². The normalized spacial score (nSPS) is 11.0. The highest BCUT2D eigenvalue weighted by atomic mass is 35.5. The summed E-state index contributed by atoms with van der Waals surface area (Å²) in [7, 11) is -3.96. The lowest BCUT2D eigenvalue weighted by atomic mass is 10.1. The van der Waals surface area contributed by atoms with Crippen molar-refractivity contribution >= 4 is 44.1 Å². The van der Waals surface area contributed by atoms with Gasteiger partial charge in [0, 0.05) is 17.8 Å². The van der Waals surface area contributed by atoms with Crippen molar-refractivity contribution in [2.24, 2.45) is 0 Å². The average Bonchev–Trinajstić information content (AvgIpc) is 3.45. The van der Waals surface area contributed by atoms with Crippen LogP contribution in [0.5, 0.6) is 11.5 Å². The highest BCUT2D eigenvalue weighted by Gasteiger charge is 2.19. The number of aromatic nitrogens is 3. The number of aromatic carboxylic acids is 1. The summed E-state index contributed by atoms with van der Waals surface area (Å²) in [4.78, 5) is 15.5. The molecule has 0 radical (unpaired) electrons. The fourth-order valence-corrected chi connectivity index (χ4v) is 4.76. The maximum Gasteiger partial charge on any atom is 0.338 e. The molecule has 13 heteroatoms. The number of nitrogens with zero attached hydrogens (tertiary/aromatic N) is 4. The first-order chi connectivity index (χ1) is 15.8. The minimum Gasteiger partial charge on any atom is -0.478 e. The predicted octanol–water partition coefficient (Wildman–Crippen LogP) is 4.15. The van der Waals surface area contributed by atoms with E-state index in [1.807, 2.05) is 6.07 Å². The third-order valence-electron chi connectivity index (χ3n) is 4.26. The predicted molar refractivity (Wildman–Crippen MR) is 120 cm³/mol. The van der Waals surface area contributed by atoms with Crippen LogP contribution in [-0.2, 0) is 10.0 Å². The van der Waals surface area contributed by atoms with Gasteiger partial charge in [0.15, 0.2) is 5.13 Å². The van der Waals surface area contributed by atoms with Gasteiger partial charge in [0.1, 0.15) is 17.6 Å². The van der Waals surface area contributed by atoms with E-state index in [1.54, 1.807) is 5.38 Å². The van der Waals surface area contributed by atoms with Crippen molar-refractivity contribution < 1.29 is 23.1 Å². The molecule has 0 spiro atoms. The second kappa shape index (κ2) is 8.91. The lowest BCUT2D eigenvalue weighted by Gasteiger charge is -2.12. The van der Waals surface area contributed by atoms with Crippen LogP contribution < -0.4 is 9.46 Å². The molecular formula is C20H12ClN5O5S2. The smallest absolute Gasteiger partial charge is 0.338 e. The zero-order valence-electron chi connectivity index (χ0n) is 16.3. The Kier molecular flexibility index (Phi) is 6.01. The molecule has 0 saturated heterocycles. The standard InChI is InChI=1S/C20H12ClN5O5S2/c21-13-10-24-26(11-13)17-3-1-14(8-16(17)19(27)28)31-18-4-2-15(7-12(18)9-22)33(29,30)25-20-23-5-6-32-20/h1-8,10-11H,(H,23,25)(H,27,28). The topological polar surface area (TPSA) is 147 Å². The van der Waals surface area contributed by atoms with Crippen molar-refractivity contribution in [3.05, 3.63) is 76.5 Å². The van der Waals surface area contributed by atoms with Gasteiger partial charge in [-0.3, -0.25) is 4.72 Å². The molecule has 2 heterocycles. The summed E-state index contributed by atoms with van der Waals surface area (Å²) in [5.41, 5.74) is 0.0893. The van der Waals surface area contributed by atoms with Gasteiger partial charge in [-0.1, -0.05) is 11.6 Å². The number of hydrogen-bond donors (Lipinski definition) is 2. The summed E-state index contributed by atoms with van der Waals surface area (Å²) in [6.07, 6.45) is 4.28. The molecule has 0 atom stereocenters. The Bertz CT molecular complexity index is 1490. The molecule has 166 valence electrons. The Balaban J connectivity index is 1.64. The number of sulfonamides is 1. The van der Waals surface area contributed by atoms with E-state index in [0.717, 1.165) is 17.4 Å². The fraction of sp³-hybridized carbons (Fsp3) is 0. The van der Waals surface area contributed by atoms with Gasteiger partial charge in [0.05, 0.1) is 32.9 Å². The van der Waals surface area contributed by atoms with Crippen molar-refractivity contribution in [1.29, 1.82) is 5.26 Å². The van der Waals surface area contributed by atoms with Crippen LogP contribution in [0.3, 0.4) is 0 Å². The first kappa shape index (κ1) is 22.3. The summed E-state index contributed by atoms with van der Waals surface area (Å²) >= 11 is 6.97. The maximum absolute atomic E-state index is 12.6. The number of halogens is 1. The zero-order chi connectivity index (χ0) is 23.6. The number of hydrogen-bond acceptors (Lipinski definition) is 8. The Morgan fingerprint density at radius 3 is 2.73 bits per heavy atom. The first-order valence-corrected chi connectivity index (χ1v) is 11.7. The van der Waals surface area contributed by atoms with E-state index in [-0.39, 0.29) is 38.3 Å². The third kappa shape index (κ3) is 4.80. The minimum atomic E-state index is -3.96. The Morgan fingerprint density at radius 2 is 2.09 bits per heavy atom. The number of anilines is 1. The third-order valence-corrected chi connectivity index (χ3v) is 6.61. The van der Waals surface area contributed by atoms with Gasteiger partial charge >= 0.3 is 5.97 Å². The van der Waals surface area contributed by atoms with E-state index in [1.165, 1.54) is 53.6 Å². The Hall–Kier alpha value is -3.92. The van der Waals surface area contributed by atoms with Gasteiger partial charge < -0.3 is 9.84 Å². The second-order valence-electron chi connectivity index (χ2n) is 6.40. The number of ether oxygens (including phenoxy) is 1. The number of benzene rings is 2. The Labute approximate surface area is 196 Å². The summed E-state index contributed by atoms with van der Waals surface area (Å²) in [5, 5.41) is 25.2. The van der Waals surface area contributed by atoms with Crippen LogP contribution in [0, 0.1) is 11.3 Å². The van der Waals surface area contributed by atoms with E-state index >= 15 is 0 Å². The minimum absolute atomic E-state index is 0.0527. The highest BCUT2D eigenvalue weighted by Crippen LogP contribution is 2.30. The van der Waals surface area contributed by atoms with E-state index in [0.29, 0.717) is 5.02 Å². The number of carbonyl (C=O) groups is 1. The summed E-state index contributed by atoms with van der Waals surface area (Å²) in [6, 6.07) is 9.87. The number of carboxylic acids is 1. The molecule has 0 unspecified atom stereocenters.